The van der Waals surface area contributed by atoms with Gasteiger partial charge in [-0.1, -0.05) is 32.0 Å². The van der Waals surface area contributed by atoms with E-state index in [9.17, 15) is 10.1 Å². The largest absolute Gasteiger partial charge is 0.493 e. The molecule has 176 valence electrons. The van der Waals surface area contributed by atoms with Crippen molar-refractivity contribution in [1.82, 2.24) is 15.1 Å². The molecule has 0 spiro atoms. The van der Waals surface area contributed by atoms with Gasteiger partial charge in [-0.05, 0) is 54.8 Å². The second-order valence-electron chi connectivity index (χ2n) is 8.21. The number of amides is 1. The van der Waals surface area contributed by atoms with Crippen molar-refractivity contribution in [1.29, 1.82) is 5.26 Å². The van der Waals surface area contributed by atoms with Crippen LogP contribution < -0.4 is 10.1 Å². The van der Waals surface area contributed by atoms with Crippen LogP contribution in [0.5, 0.6) is 5.75 Å². The molecule has 0 aliphatic rings. The van der Waals surface area contributed by atoms with Gasteiger partial charge in [0.1, 0.15) is 17.4 Å². The highest BCUT2D eigenvalue weighted by Gasteiger charge is 2.15. The van der Waals surface area contributed by atoms with Crippen molar-refractivity contribution >= 4 is 12.0 Å². The molecule has 0 bridgehead atoms. The summed E-state index contributed by atoms with van der Waals surface area (Å²) in [6.45, 7) is 5.81. The molecule has 0 atom stereocenters. The lowest BCUT2D eigenvalue weighted by atomic mass is 10.1. The predicted molar refractivity (Wildman–Crippen MR) is 132 cm³/mol. The van der Waals surface area contributed by atoms with Gasteiger partial charge >= 0.3 is 0 Å². The summed E-state index contributed by atoms with van der Waals surface area (Å²) in [5.41, 5.74) is 3.09. The Morgan fingerprint density at radius 3 is 2.56 bits per heavy atom. The van der Waals surface area contributed by atoms with E-state index in [0.717, 1.165) is 17.0 Å². The van der Waals surface area contributed by atoms with Gasteiger partial charge in [0.15, 0.2) is 0 Å². The van der Waals surface area contributed by atoms with Gasteiger partial charge in [0.2, 0.25) is 0 Å². The van der Waals surface area contributed by atoms with Crippen LogP contribution in [0.3, 0.4) is 0 Å². The van der Waals surface area contributed by atoms with Crippen LogP contribution in [0.2, 0.25) is 0 Å². The molecule has 0 saturated heterocycles. The van der Waals surface area contributed by atoms with Crippen molar-refractivity contribution in [3.05, 3.63) is 71.9 Å². The van der Waals surface area contributed by atoms with Crippen LogP contribution in [-0.2, 0) is 9.53 Å². The van der Waals surface area contributed by atoms with Crippen LogP contribution in [0, 0.1) is 17.2 Å². The van der Waals surface area contributed by atoms with E-state index in [0.29, 0.717) is 43.4 Å². The first-order chi connectivity index (χ1) is 16.5. The fourth-order valence-corrected chi connectivity index (χ4v) is 3.22. The normalized spacial score (nSPS) is 11.3. The van der Waals surface area contributed by atoms with Crippen molar-refractivity contribution in [3.63, 3.8) is 0 Å². The van der Waals surface area contributed by atoms with Crippen molar-refractivity contribution in [3.8, 4) is 28.8 Å². The van der Waals surface area contributed by atoms with E-state index in [-0.39, 0.29) is 5.57 Å². The molecule has 0 fully saturated rings. The fraction of sp³-hybridized carbons (Fsp3) is 0.296. The monoisotopic (exact) mass is 458 g/mol. The van der Waals surface area contributed by atoms with Gasteiger partial charge in [-0.25, -0.2) is 4.68 Å². The number of rotatable bonds is 11. The summed E-state index contributed by atoms with van der Waals surface area (Å²) >= 11 is 0. The molecule has 7 heteroatoms. The summed E-state index contributed by atoms with van der Waals surface area (Å²) in [6, 6.07) is 19.4. The lowest BCUT2D eigenvalue weighted by Gasteiger charge is -2.09. The Hall–Kier alpha value is -3.89. The van der Waals surface area contributed by atoms with Gasteiger partial charge in [-0.15, -0.1) is 0 Å². The van der Waals surface area contributed by atoms with Crippen LogP contribution in [0.4, 0.5) is 0 Å². The molecule has 0 radical (unpaired) electrons. The number of ether oxygens (including phenoxy) is 2. The van der Waals surface area contributed by atoms with E-state index in [2.05, 4.69) is 19.2 Å². The summed E-state index contributed by atoms with van der Waals surface area (Å²) < 4.78 is 12.5. The van der Waals surface area contributed by atoms with Gasteiger partial charge < -0.3 is 14.8 Å². The molecule has 34 heavy (non-hydrogen) atoms. The maximum Gasteiger partial charge on any atom is 0.261 e. The minimum atomic E-state index is -0.422. The standard InChI is InChI=1S/C27H30N4O3/c1-20(2)19-34-25-12-10-21(11-13-25)26-23(18-31(30-26)24-8-5-4-6-9-24)16-22(17-28)27(32)29-14-7-15-33-3/h4-6,8-13,16,18,20H,7,14-15,19H2,1-3H3,(H,29,32)/b22-16+. The molecule has 3 rings (SSSR count). The summed E-state index contributed by atoms with van der Waals surface area (Å²) in [4.78, 5) is 12.6. The smallest absolute Gasteiger partial charge is 0.261 e. The van der Waals surface area contributed by atoms with Crippen LogP contribution in [-0.4, -0.2) is 42.6 Å². The number of aromatic nitrogens is 2. The van der Waals surface area contributed by atoms with E-state index in [1.165, 1.54) is 0 Å². The lowest BCUT2D eigenvalue weighted by molar-refractivity contribution is -0.117. The number of nitrogens with one attached hydrogen (secondary N) is 1. The van der Waals surface area contributed by atoms with Crippen LogP contribution in [0.15, 0.2) is 66.4 Å². The first-order valence-corrected chi connectivity index (χ1v) is 11.3. The maximum absolute atomic E-state index is 12.6. The van der Waals surface area contributed by atoms with Gasteiger partial charge in [0, 0.05) is 37.6 Å². The highest BCUT2D eigenvalue weighted by atomic mass is 16.5. The van der Waals surface area contributed by atoms with Gasteiger partial charge in [-0.2, -0.15) is 10.4 Å². The maximum atomic E-state index is 12.6. The van der Waals surface area contributed by atoms with Crippen molar-refractivity contribution < 1.29 is 14.3 Å². The van der Waals surface area contributed by atoms with E-state index >= 15 is 0 Å². The van der Waals surface area contributed by atoms with Crippen molar-refractivity contribution in [2.24, 2.45) is 5.92 Å². The number of hydrogen-bond donors (Lipinski definition) is 1. The molecule has 3 aromatic rings. The number of nitrogens with zero attached hydrogens (tertiary/aromatic N) is 3. The Balaban J connectivity index is 1.94. The minimum Gasteiger partial charge on any atom is -0.493 e. The summed E-state index contributed by atoms with van der Waals surface area (Å²) in [5.74, 6) is 0.794. The van der Waals surface area contributed by atoms with Gasteiger partial charge in [0.05, 0.1) is 18.0 Å². The van der Waals surface area contributed by atoms with E-state index < -0.39 is 5.91 Å². The number of benzene rings is 2. The molecule has 1 aromatic heterocycles. The Bertz CT molecular complexity index is 1140. The fourth-order valence-electron chi connectivity index (χ4n) is 3.22. The van der Waals surface area contributed by atoms with Crippen LogP contribution in [0.1, 0.15) is 25.8 Å². The summed E-state index contributed by atoms with van der Waals surface area (Å²) in [5, 5.41) is 17.2. The zero-order valence-electron chi connectivity index (χ0n) is 19.8. The SMILES string of the molecule is COCCCNC(=O)/C(C#N)=C/c1cn(-c2ccccc2)nc1-c1ccc(OCC(C)C)cc1. The zero-order valence-corrected chi connectivity index (χ0v) is 19.8. The Morgan fingerprint density at radius 1 is 1.18 bits per heavy atom. The van der Waals surface area contributed by atoms with Gasteiger partial charge in [-0.3, -0.25) is 4.79 Å². The van der Waals surface area contributed by atoms with Gasteiger partial charge in [0.25, 0.3) is 5.91 Å². The van der Waals surface area contributed by atoms with Crippen LogP contribution >= 0.6 is 0 Å². The molecular weight excluding hydrogens is 428 g/mol. The second kappa shape index (κ2) is 12.4. The van der Waals surface area contributed by atoms with E-state index in [4.69, 9.17) is 14.6 Å². The molecule has 0 aliphatic carbocycles. The molecule has 1 heterocycles. The molecule has 2 aromatic carbocycles. The number of hydrogen-bond acceptors (Lipinski definition) is 5. The zero-order chi connectivity index (χ0) is 24.3. The third kappa shape index (κ3) is 6.80. The van der Waals surface area contributed by atoms with E-state index in [1.807, 2.05) is 66.9 Å². The molecule has 0 saturated carbocycles. The predicted octanol–water partition coefficient (Wildman–Crippen LogP) is 4.63. The molecule has 0 unspecified atom stereocenters. The average molecular weight is 459 g/mol. The average Bonchev–Trinajstić information content (AvgIpc) is 3.28. The van der Waals surface area contributed by atoms with E-state index in [1.54, 1.807) is 17.9 Å². The van der Waals surface area contributed by atoms with Crippen molar-refractivity contribution in [2.45, 2.75) is 20.3 Å². The molecule has 0 aliphatic heterocycles. The minimum absolute atomic E-state index is 0.0168. The third-order valence-electron chi connectivity index (χ3n) is 4.95. The topological polar surface area (TPSA) is 89.2 Å². The highest BCUT2D eigenvalue weighted by molar-refractivity contribution is 6.02. The molecule has 1 N–H and O–H groups in total. The number of carbonyl (C=O) groups excluding carboxylic acids is 1. The Labute approximate surface area is 200 Å². The van der Waals surface area contributed by atoms with Crippen LogP contribution in [0.25, 0.3) is 23.0 Å². The number of carbonyl (C=O) groups is 1. The number of para-hydroxylation sites is 1. The summed E-state index contributed by atoms with van der Waals surface area (Å²) in [6.07, 6.45) is 4.07. The summed E-state index contributed by atoms with van der Waals surface area (Å²) in [7, 11) is 1.61. The number of nitriles is 1. The second-order valence-corrected chi connectivity index (χ2v) is 8.21. The first kappa shape index (κ1) is 24.7. The quantitative estimate of drug-likeness (QED) is 0.257. The Morgan fingerprint density at radius 2 is 1.91 bits per heavy atom. The highest BCUT2D eigenvalue weighted by Crippen LogP contribution is 2.27. The van der Waals surface area contributed by atoms with Crippen molar-refractivity contribution in [2.75, 3.05) is 26.9 Å². The number of methoxy groups -OCH3 is 1. The Kier molecular flexibility index (Phi) is 9.01. The first-order valence-electron chi connectivity index (χ1n) is 11.3. The molecule has 1 amide bonds. The lowest BCUT2D eigenvalue weighted by Crippen LogP contribution is -2.26. The third-order valence-corrected chi connectivity index (χ3v) is 4.95. The molecular formula is C27H30N4O3. The molecule has 7 nitrogen and oxygen atoms in total.